The number of halogens is 3. The van der Waals surface area contributed by atoms with Crippen LogP contribution in [0.3, 0.4) is 0 Å². The molecular formula is C22H26Br2ClNO. The number of nitrogens with one attached hydrogen (secondary N) is 1. The van der Waals surface area contributed by atoms with E-state index in [0.717, 1.165) is 40.8 Å². The summed E-state index contributed by atoms with van der Waals surface area (Å²) in [7, 11) is 0. The molecule has 2 aliphatic rings. The van der Waals surface area contributed by atoms with Gasteiger partial charge in [0.15, 0.2) is 0 Å². The van der Waals surface area contributed by atoms with Gasteiger partial charge in [0.2, 0.25) is 0 Å². The smallest absolute Gasteiger partial charge is 0.0721 e. The molecule has 1 fully saturated rings. The van der Waals surface area contributed by atoms with Crippen molar-refractivity contribution in [2.24, 2.45) is 5.92 Å². The largest absolute Gasteiger partial charge is 0.373 e. The van der Waals surface area contributed by atoms with Crippen LogP contribution >= 0.6 is 44.3 Å². The third kappa shape index (κ3) is 5.16. The van der Waals surface area contributed by atoms with Crippen LogP contribution in [-0.2, 0) is 17.8 Å². The second-order valence-electron chi connectivity index (χ2n) is 7.48. The van der Waals surface area contributed by atoms with Crippen LogP contribution in [-0.4, -0.2) is 19.2 Å². The van der Waals surface area contributed by atoms with E-state index >= 15 is 0 Å². The Hall–Kier alpha value is -0.390. The maximum atomic E-state index is 6.54. The van der Waals surface area contributed by atoms with Crippen LogP contribution in [0.1, 0.15) is 41.9 Å². The normalized spacial score (nSPS) is 22.7. The van der Waals surface area contributed by atoms with Gasteiger partial charge in [0.05, 0.1) is 12.7 Å². The summed E-state index contributed by atoms with van der Waals surface area (Å²) in [5.74, 6) is 1.24. The lowest BCUT2D eigenvalue weighted by molar-refractivity contribution is -0.00559. The second-order valence-corrected chi connectivity index (χ2v) is 9.31. The molecule has 0 unspecified atom stereocenters. The van der Waals surface area contributed by atoms with Crippen LogP contribution in [0.25, 0.3) is 0 Å². The lowest BCUT2D eigenvalue weighted by atomic mass is 9.71. The summed E-state index contributed by atoms with van der Waals surface area (Å²) in [5, 5.41) is 3.51. The molecule has 1 heterocycles. The minimum Gasteiger partial charge on any atom is -0.373 e. The number of ether oxygens (including phenoxy) is 1. The molecular weight excluding hydrogens is 490 g/mol. The zero-order valence-corrected chi connectivity index (χ0v) is 19.3. The number of hydrogen-bond acceptors (Lipinski definition) is 2. The van der Waals surface area contributed by atoms with Gasteiger partial charge >= 0.3 is 0 Å². The number of rotatable bonds is 4. The first-order chi connectivity index (χ1) is 12.7. The molecule has 1 aliphatic heterocycles. The molecule has 2 nitrogen and oxygen atoms in total. The number of fused-ring (bicyclic) bond motifs is 1. The highest BCUT2D eigenvalue weighted by atomic mass is 79.9. The molecule has 2 aromatic carbocycles. The average Bonchev–Trinajstić information content (AvgIpc) is 2.66. The van der Waals surface area contributed by atoms with Crippen molar-refractivity contribution < 1.29 is 4.74 Å². The van der Waals surface area contributed by atoms with Gasteiger partial charge in [-0.3, -0.25) is 0 Å². The highest BCUT2D eigenvalue weighted by molar-refractivity contribution is 9.11. The van der Waals surface area contributed by atoms with E-state index in [4.69, 9.17) is 4.74 Å². The van der Waals surface area contributed by atoms with Gasteiger partial charge in [-0.05, 0) is 79.6 Å². The van der Waals surface area contributed by atoms with Gasteiger partial charge in [-0.2, -0.15) is 0 Å². The zero-order chi connectivity index (χ0) is 17.9. The summed E-state index contributed by atoms with van der Waals surface area (Å²) in [5.41, 5.74) is 4.28. The molecule has 1 N–H and O–H groups in total. The molecule has 0 radical (unpaired) electrons. The molecule has 0 spiro atoms. The van der Waals surface area contributed by atoms with E-state index in [1.165, 1.54) is 29.5 Å². The van der Waals surface area contributed by atoms with Crippen LogP contribution in [0, 0.1) is 5.92 Å². The standard InChI is InChI=1S/C22H25Br2NO.ClH/c23-18-11-15(12-19(24)13-18)14-26-21-6-5-16-3-1-2-4-20(16)22(21)17-7-9-25-10-8-17;/h1-4,11-13,17,21-22,25H,5-10,14H2;1H/t21-,22-;/m1./s1. The molecule has 0 saturated carbocycles. The lowest BCUT2D eigenvalue weighted by Gasteiger charge is -2.40. The summed E-state index contributed by atoms with van der Waals surface area (Å²) < 4.78 is 8.72. The number of aryl methyl sites for hydroxylation is 1. The van der Waals surface area contributed by atoms with Crippen LogP contribution in [0.5, 0.6) is 0 Å². The molecule has 0 bridgehead atoms. The fourth-order valence-corrected chi connectivity index (χ4v) is 6.00. The molecule has 2 atom stereocenters. The van der Waals surface area contributed by atoms with E-state index in [0.29, 0.717) is 18.6 Å². The molecule has 5 heteroatoms. The Kier molecular flexibility index (Phi) is 7.81. The highest BCUT2D eigenvalue weighted by Gasteiger charge is 2.36. The minimum absolute atomic E-state index is 0. The van der Waals surface area contributed by atoms with Crippen molar-refractivity contribution in [1.29, 1.82) is 0 Å². The van der Waals surface area contributed by atoms with Crippen molar-refractivity contribution in [3.05, 3.63) is 68.1 Å². The van der Waals surface area contributed by atoms with Crippen molar-refractivity contribution in [3.8, 4) is 0 Å². The average molecular weight is 516 g/mol. The van der Waals surface area contributed by atoms with Gasteiger partial charge in [0.1, 0.15) is 0 Å². The molecule has 1 aliphatic carbocycles. The number of hydrogen-bond donors (Lipinski definition) is 1. The van der Waals surface area contributed by atoms with E-state index in [2.05, 4.69) is 79.6 Å². The van der Waals surface area contributed by atoms with Crippen molar-refractivity contribution in [1.82, 2.24) is 5.32 Å². The monoisotopic (exact) mass is 513 g/mol. The third-order valence-electron chi connectivity index (χ3n) is 5.79. The van der Waals surface area contributed by atoms with Crippen LogP contribution < -0.4 is 5.32 Å². The van der Waals surface area contributed by atoms with Gasteiger partial charge in [0.25, 0.3) is 0 Å². The summed E-state index contributed by atoms with van der Waals surface area (Å²) in [6.07, 6.45) is 5.07. The molecule has 146 valence electrons. The topological polar surface area (TPSA) is 21.3 Å². The van der Waals surface area contributed by atoms with E-state index in [1.807, 2.05) is 0 Å². The first kappa shape index (κ1) is 21.3. The number of piperidine rings is 1. The molecule has 0 aromatic heterocycles. The fraction of sp³-hybridized carbons (Fsp3) is 0.455. The fourth-order valence-electron chi connectivity index (χ4n) is 4.61. The van der Waals surface area contributed by atoms with Crippen LogP contribution in [0.2, 0.25) is 0 Å². The molecule has 4 rings (SSSR count). The predicted octanol–water partition coefficient (Wildman–Crippen LogP) is 6.25. The van der Waals surface area contributed by atoms with Gasteiger partial charge in [-0.15, -0.1) is 12.4 Å². The summed E-state index contributed by atoms with van der Waals surface area (Å²) in [6, 6.07) is 15.4. The Morgan fingerprint density at radius 2 is 1.67 bits per heavy atom. The summed E-state index contributed by atoms with van der Waals surface area (Å²) >= 11 is 7.16. The summed E-state index contributed by atoms with van der Waals surface area (Å²) in [4.78, 5) is 0. The Bertz CT molecular complexity index is 743. The maximum absolute atomic E-state index is 6.54. The SMILES string of the molecule is Brc1cc(Br)cc(CO[C@@H]2CCc3ccccc3[C@H]2C2CCNCC2)c1.Cl. The van der Waals surface area contributed by atoms with E-state index in [1.54, 1.807) is 0 Å². The van der Waals surface area contributed by atoms with E-state index in [-0.39, 0.29) is 12.4 Å². The van der Waals surface area contributed by atoms with Gasteiger partial charge in [0, 0.05) is 14.9 Å². The molecule has 1 saturated heterocycles. The Labute approximate surface area is 185 Å². The molecule has 2 aromatic rings. The maximum Gasteiger partial charge on any atom is 0.0721 e. The van der Waals surface area contributed by atoms with Gasteiger partial charge < -0.3 is 10.1 Å². The van der Waals surface area contributed by atoms with Gasteiger partial charge in [-0.1, -0.05) is 56.1 Å². The van der Waals surface area contributed by atoms with Crippen molar-refractivity contribution >= 4 is 44.3 Å². The van der Waals surface area contributed by atoms with Crippen LogP contribution in [0.15, 0.2) is 51.4 Å². The highest BCUT2D eigenvalue weighted by Crippen LogP contribution is 2.42. The minimum atomic E-state index is 0. The van der Waals surface area contributed by atoms with Crippen molar-refractivity contribution in [2.75, 3.05) is 13.1 Å². The Morgan fingerprint density at radius 3 is 2.41 bits per heavy atom. The first-order valence-corrected chi connectivity index (χ1v) is 11.1. The number of benzene rings is 2. The third-order valence-corrected chi connectivity index (χ3v) is 6.71. The second kappa shape index (κ2) is 9.89. The van der Waals surface area contributed by atoms with Crippen LogP contribution in [0.4, 0.5) is 0 Å². The van der Waals surface area contributed by atoms with Crippen molar-refractivity contribution in [2.45, 2.75) is 44.3 Å². The Balaban J connectivity index is 0.00000210. The quantitative estimate of drug-likeness (QED) is 0.520. The lowest BCUT2D eigenvalue weighted by Crippen LogP contribution is -2.38. The van der Waals surface area contributed by atoms with Gasteiger partial charge in [-0.25, -0.2) is 0 Å². The summed E-state index contributed by atoms with van der Waals surface area (Å²) in [6.45, 7) is 2.94. The Morgan fingerprint density at radius 1 is 0.963 bits per heavy atom. The van der Waals surface area contributed by atoms with E-state index < -0.39 is 0 Å². The van der Waals surface area contributed by atoms with E-state index in [9.17, 15) is 0 Å². The zero-order valence-electron chi connectivity index (χ0n) is 15.3. The first-order valence-electron chi connectivity index (χ1n) is 9.56. The van der Waals surface area contributed by atoms with Crippen molar-refractivity contribution in [3.63, 3.8) is 0 Å². The molecule has 0 amide bonds. The predicted molar refractivity (Wildman–Crippen MR) is 121 cm³/mol. The molecule has 27 heavy (non-hydrogen) atoms.